The number of hydrogen-bond donors (Lipinski definition) is 0. The molecule has 0 unspecified atom stereocenters. The van der Waals surface area contributed by atoms with Crippen molar-refractivity contribution in [2.75, 3.05) is 11.5 Å². The van der Waals surface area contributed by atoms with Gasteiger partial charge in [0, 0.05) is 24.0 Å². The first kappa shape index (κ1) is 18.0. The molecule has 5 heteroatoms. The Morgan fingerprint density at radius 2 is 1.79 bits per heavy atom. The first-order chi connectivity index (χ1) is 13.7. The zero-order valence-corrected chi connectivity index (χ0v) is 15.7. The number of nitrogens with zero attached hydrogens (tertiary/aromatic N) is 2. The number of fused-ring (bicyclic) bond motifs is 1. The maximum absolute atomic E-state index is 12.8. The quantitative estimate of drug-likeness (QED) is 0.654. The van der Waals surface area contributed by atoms with Crippen molar-refractivity contribution in [1.82, 2.24) is 4.98 Å². The van der Waals surface area contributed by atoms with Crippen LogP contribution in [0.2, 0.25) is 0 Å². The minimum Gasteiger partial charge on any atom is -0.484 e. The van der Waals surface area contributed by atoms with E-state index in [-0.39, 0.29) is 18.6 Å². The molecular weight excluding hydrogens is 352 g/mol. The van der Waals surface area contributed by atoms with Gasteiger partial charge in [-0.2, -0.15) is 0 Å². The van der Waals surface area contributed by atoms with Crippen LogP contribution in [0, 0.1) is 0 Å². The van der Waals surface area contributed by atoms with Crippen molar-refractivity contribution >= 4 is 11.6 Å². The van der Waals surface area contributed by atoms with Gasteiger partial charge in [0.1, 0.15) is 11.5 Å². The minimum absolute atomic E-state index is 0.000874. The number of carbonyl (C=O) groups is 1. The van der Waals surface area contributed by atoms with E-state index >= 15 is 0 Å². The minimum atomic E-state index is -0.0338. The van der Waals surface area contributed by atoms with Crippen molar-refractivity contribution in [3.8, 4) is 17.4 Å². The molecule has 4 rings (SSSR count). The second kappa shape index (κ2) is 8.13. The molecule has 142 valence electrons. The van der Waals surface area contributed by atoms with Crippen LogP contribution in [0.3, 0.4) is 0 Å². The van der Waals surface area contributed by atoms with Crippen LogP contribution in [0.1, 0.15) is 18.9 Å². The van der Waals surface area contributed by atoms with Gasteiger partial charge in [-0.1, -0.05) is 24.3 Å². The second-order valence-corrected chi connectivity index (χ2v) is 6.81. The predicted molar refractivity (Wildman–Crippen MR) is 108 cm³/mol. The highest BCUT2D eigenvalue weighted by atomic mass is 16.5. The molecule has 0 saturated heterocycles. The van der Waals surface area contributed by atoms with E-state index in [0.717, 1.165) is 18.5 Å². The third kappa shape index (κ3) is 3.98. The first-order valence-electron chi connectivity index (χ1n) is 9.42. The van der Waals surface area contributed by atoms with Crippen molar-refractivity contribution in [3.05, 3.63) is 78.5 Å². The molecule has 0 saturated carbocycles. The van der Waals surface area contributed by atoms with Gasteiger partial charge in [0.15, 0.2) is 6.61 Å². The number of pyridine rings is 1. The molecule has 5 nitrogen and oxygen atoms in total. The Bertz CT molecular complexity index is 942. The summed E-state index contributed by atoms with van der Waals surface area (Å²) in [4.78, 5) is 18.8. The molecule has 1 aliphatic heterocycles. The molecule has 2 aromatic carbocycles. The van der Waals surface area contributed by atoms with Crippen LogP contribution in [0.25, 0.3) is 0 Å². The lowest BCUT2D eigenvalue weighted by Gasteiger charge is -2.35. The number of aromatic nitrogens is 1. The maximum atomic E-state index is 12.8. The molecule has 2 heterocycles. The Labute approximate surface area is 164 Å². The van der Waals surface area contributed by atoms with E-state index in [1.807, 2.05) is 35.2 Å². The van der Waals surface area contributed by atoms with Crippen LogP contribution < -0.4 is 14.4 Å². The molecule has 3 aromatic rings. The third-order valence-electron chi connectivity index (χ3n) is 4.84. The van der Waals surface area contributed by atoms with Crippen LogP contribution in [0.15, 0.2) is 72.9 Å². The summed E-state index contributed by atoms with van der Waals surface area (Å²) in [6, 6.07) is 20.9. The van der Waals surface area contributed by atoms with E-state index in [1.54, 1.807) is 36.5 Å². The number of para-hydroxylation sites is 1. The highest BCUT2D eigenvalue weighted by Gasteiger charge is 2.28. The predicted octanol–water partition coefficient (Wildman–Crippen LogP) is 4.62. The Hall–Kier alpha value is -3.34. The molecule has 0 aliphatic carbocycles. The molecule has 28 heavy (non-hydrogen) atoms. The molecule has 1 amide bonds. The summed E-state index contributed by atoms with van der Waals surface area (Å²) < 4.78 is 11.4. The Morgan fingerprint density at radius 1 is 1.04 bits per heavy atom. The van der Waals surface area contributed by atoms with E-state index in [9.17, 15) is 4.79 Å². The largest absolute Gasteiger partial charge is 0.484 e. The van der Waals surface area contributed by atoms with Gasteiger partial charge in [-0.05, 0) is 61.7 Å². The number of carbonyl (C=O) groups excluding carboxylic acids is 1. The summed E-state index contributed by atoms with van der Waals surface area (Å²) >= 11 is 0. The summed E-state index contributed by atoms with van der Waals surface area (Å²) in [7, 11) is 0. The van der Waals surface area contributed by atoms with Crippen molar-refractivity contribution in [1.29, 1.82) is 0 Å². The zero-order valence-electron chi connectivity index (χ0n) is 15.7. The maximum Gasteiger partial charge on any atom is 0.265 e. The fraction of sp³-hybridized carbons (Fsp3) is 0.217. The molecular formula is C23H22N2O3. The van der Waals surface area contributed by atoms with Crippen LogP contribution in [-0.4, -0.2) is 23.5 Å². The highest BCUT2D eigenvalue weighted by molar-refractivity contribution is 5.96. The number of hydrogen-bond acceptors (Lipinski definition) is 4. The molecule has 0 radical (unpaired) electrons. The van der Waals surface area contributed by atoms with E-state index in [1.165, 1.54) is 5.56 Å². The third-order valence-corrected chi connectivity index (χ3v) is 4.84. The normalized spacial score (nSPS) is 15.6. The second-order valence-electron chi connectivity index (χ2n) is 6.81. The smallest absolute Gasteiger partial charge is 0.265 e. The number of amides is 1. The van der Waals surface area contributed by atoms with E-state index in [4.69, 9.17) is 9.47 Å². The van der Waals surface area contributed by atoms with E-state index in [0.29, 0.717) is 17.4 Å². The fourth-order valence-electron chi connectivity index (χ4n) is 3.42. The number of ether oxygens (including phenoxy) is 2. The van der Waals surface area contributed by atoms with Gasteiger partial charge in [-0.25, -0.2) is 4.98 Å². The van der Waals surface area contributed by atoms with Crippen molar-refractivity contribution < 1.29 is 14.3 Å². The lowest BCUT2D eigenvalue weighted by molar-refractivity contribution is -0.121. The molecule has 1 aliphatic rings. The molecule has 0 fully saturated rings. The Morgan fingerprint density at radius 3 is 2.57 bits per heavy atom. The fourth-order valence-corrected chi connectivity index (χ4v) is 3.42. The Balaban J connectivity index is 1.38. The van der Waals surface area contributed by atoms with Gasteiger partial charge in [0.2, 0.25) is 5.88 Å². The highest BCUT2D eigenvalue weighted by Crippen LogP contribution is 2.30. The van der Waals surface area contributed by atoms with E-state index in [2.05, 4.69) is 18.0 Å². The summed E-state index contributed by atoms with van der Waals surface area (Å²) in [5.74, 6) is 1.79. The number of aryl methyl sites for hydroxylation is 1. The first-order valence-corrected chi connectivity index (χ1v) is 9.42. The SMILES string of the molecule is C[C@H]1CCc2ccccc2N1C(=O)COc1ccc(Oc2ccccn2)cc1. The number of anilines is 1. The lowest BCUT2D eigenvalue weighted by atomic mass is 9.96. The van der Waals surface area contributed by atoms with Crippen LogP contribution >= 0.6 is 0 Å². The lowest BCUT2D eigenvalue weighted by Crippen LogP contribution is -2.44. The standard InChI is InChI=1S/C23H22N2O3/c1-17-9-10-18-6-2-3-7-21(18)25(17)23(26)16-27-19-11-13-20(14-12-19)28-22-8-4-5-15-24-22/h2-8,11-15,17H,9-10,16H2,1H3/t17-/m0/s1. The molecule has 1 aromatic heterocycles. The molecule has 1 atom stereocenters. The zero-order chi connectivity index (χ0) is 19.3. The van der Waals surface area contributed by atoms with Crippen LogP contribution in [0.4, 0.5) is 5.69 Å². The summed E-state index contributed by atoms with van der Waals surface area (Å²) in [6.45, 7) is 2.08. The monoisotopic (exact) mass is 374 g/mol. The van der Waals surface area contributed by atoms with Crippen molar-refractivity contribution in [2.45, 2.75) is 25.8 Å². The van der Waals surface area contributed by atoms with Crippen molar-refractivity contribution in [3.63, 3.8) is 0 Å². The summed E-state index contributed by atoms with van der Waals surface area (Å²) in [6.07, 6.45) is 3.64. The number of rotatable bonds is 5. The van der Waals surface area contributed by atoms with Gasteiger partial charge in [-0.15, -0.1) is 0 Å². The summed E-state index contributed by atoms with van der Waals surface area (Å²) in [5, 5.41) is 0. The average Bonchev–Trinajstić information content (AvgIpc) is 2.74. The molecule has 0 bridgehead atoms. The van der Waals surface area contributed by atoms with Gasteiger partial charge < -0.3 is 14.4 Å². The number of benzene rings is 2. The van der Waals surface area contributed by atoms with Crippen LogP contribution in [-0.2, 0) is 11.2 Å². The van der Waals surface area contributed by atoms with E-state index < -0.39 is 0 Å². The van der Waals surface area contributed by atoms with Gasteiger partial charge in [0.25, 0.3) is 5.91 Å². The van der Waals surface area contributed by atoms with Gasteiger partial charge in [-0.3, -0.25) is 4.79 Å². The van der Waals surface area contributed by atoms with Crippen LogP contribution in [0.5, 0.6) is 17.4 Å². The van der Waals surface area contributed by atoms with Crippen molar-refractivity contribution in [2.24, 2.45) is 0 Å². The Kier molecular flexibility index (Phi) is 5.24. The van der Waals surface area contributed by atoms with Gasteiger partial charge >= 0.3 is 0 Å². The molecule has 0 spiro atoms. The summed E-state index contributed by atoms with van der Waals surface area (Å²) in [5.41, 5.74) is 2.21. The average molecular weight is 374 g/mol. The molecule has 0 N–H and O–H groups in total. The van der Waals surface area contributed by atoms with Gasteiger partial charge in [0.05, 0.1) is 0 Å². The topological polar surface area (TPSA) is 51.7 Å².